The number of amides is 1. The van der Waals surface area contributed by atoms with E-state index in [1.54, 1.807) is 19.1 Å². The molecule has 1 atom stereocenters. The molecule has 1 amide bonds. The van der Waals surface area contributed by atoms with Gasteiger partial charge in [-0.25, -0.2) is 17.2 Å². The molecule has 1 aliphatic heterocycles. The van der Waals surface area contributed by atoms with Gasteiger partial charge in [-0.1, -0.05) is 39.0 Å². The molecule has 2 aromatic carbocycles. The van der Waals surface area contributed by atoms with Crippen LogP contribution in [0.15, 0.2) is 47.4 Å². The first kappa shape index (κ1) is 24.3. The van der Waals surface area contributed by atoms with Crippen molar-refractivity contribution >= 4 is 15.9 Å². The van der Waals surface area contributed by atoms with Crippen LogP contribution in [0.2, 0.25) is 0 Å². The Morgan fingerprint density at radius 1 is 1.06 bits per heavy atom. The van der Waals surface area contributed by atoms with Crippen molar-refractivity contribution in [2.45, 2.75) is 56.9 Å². The molecule has 1 fully saturated rings. The molecule has 174 valence electrons. The number of sulfonamides is 1. The van der Waals surface area contributed by atoms with Crippen LogP contribution in [0, 0.1) is 17.6 Å². The molecule has 5 nitrogen and oxygen atoms in total. The Balaban J connectivity index is 1.60. The highest BCUT2D eigenvalue weighted by atomic mass is 32.2. The van der Waals surface area contributed by atoms with Crippen LogP contribution in [0.3, 0.4) is 0 Å². The van der Waals surface area contributed by atoms with E-state index in [0.717, 1.165) is 17.7 Å². The second kappa shape index (κ2) is 9.27. The molecule has 0 radical (unpaired) electrons. The van der Waals surface area contributed by atoms with Crippen LogP contribution in [0.5, 0.6) is 0 Å². The molecule has 0 saturated carbocycles. The van der Waals surface area contributed by atoms with Gasteiger partial charge >= 0.3 is 0 Å². The topological polar surface area (TPSA) is 66.5 Å². The summed E-state index contributed by atoms with van der Waals surface area (Å²) >= 11 is 0. The van der Waals surface area contributed by atoms with Crippen LogP contribution < -0.4 is 5.32 Å². The molecule has 2 aromatic rings. The van der Waals surface area contributed by atoms with Crippen molar-refractivity contribution < 1.29 is 22.0 Å². The minimum Gasteiger partial charge on any atom is -0.349 e. The van der Waals surface area contributed by atoms with E-state index in [9.17, 15) is 22.0 Å². The highest BCUT2D eigenvalue weighted by Gasteiger charge is 2.33. The van der Waals surface area contributed by atoms with E-state index in [1.807, 2.05) is 12.1 Å². The van der Waals surface area contributed by atoms with Gasteiger partial charge in [0, 0.05) is 30.6 Å². The first-order chi connectivity index (χ1) is 14.9. The Hall–Kier alpha value is -2.32. The van der Waals surface area contributed by atoms with Crippen LogP contribution in [0.4, 0.5) is 8.78 Å². The Bertz CT molecular complexity index is 1070. The fraction of sp³-hybridized carbons (Fsp3) is 0.458. The number of nitrogens with zero attached hydrogens (tertiary/aromatic N) is 1. The highest BCUT2D eigenvalue weighted by molar-refractivity contribution is 7.89. The summed E-state index contributed by atoms with van der Waals surface area (Å²) in [5.41, 5.74) is 1.19. The summed E-state index contributed by atoms with van der Waals surface area (Å²) in [6.07, 6.45) is 0.757. The van der Waals surface area contributed by atoms with Gasteiger partial charge in [-0.2, -0.15) is 4.31 Å². The molecule has 3 rings (SSSR count). The minimum absolute atomic E-state index is 0.0675. The Labute approximate surface area is 188 Å². The van der Waals surface area contributed by atoms with Crippen LogP contribution in [0.1, 0.15) is 57.7 Å². The largest absolute Gasteiger partial charge is 0.349 e. The van der Waals surface area contributed by atoms with Gasteiger partial charge in [0.15, 0.2) is 0 Å². The fourth-order valence-electron chi connectivity index (χ4n) is 3.90. The van der Waals surface area contributed by atoms with Gasteiger partial charge in [-0.3, -0.25) is 4.79 Å². The Kier molecular flexibility index (Phi) is 7.05. The molecule has 32 heavy (non-hydrogen) atoms. The SMILES string of the molecule is CC(NC(=O)C1CCN(S(=O)(=O)c2ccc(C(C)(C)C)cc2)CC1)c1ccc(F)cc1F. The van der Waals surface area contributed by atoms with Gasteiger partial charge in [0.1, 0.15) is 11.6 Å². The van der Waals surface area contributed by atoms with Gasteiger partial charge < -0.3 is 5.32 Å². The van der Waals surface area contributed by atoms with Crippen molar-refractivity contribution in [3.8, 4) is 0 Å². The zero-order valence-electron chi connectivity index (χ0n) is 18.9. The van der Waals surface area contributed by atoms with Gasteiger partial charge in [-0.15, -0.1) is 0 Å². The predicted octanol–water partition coefficient (Wildman–Crippen LogP) is 4.54. The summed E-state index contributed by atoms with van der Waals surface area (Å²) in [6, 6.07) is 9.57. The molecule has 0 bridgehead atoms. The van der Waals surface area contributed by atoms with Crippen molar-refractivity contribution in [3.05, 3.63) is 65.2 Å². The average molecular weight is 465 g/mol. The van der Waals surface area contributed by atoms with Crippen LogP contribution in [0.25, 0.3) is 0 Å². The van der Waals surface area contributed by atoms with Gasteiger partial charge in [0.05, 0.1) is 10.9 Å². The number of carbonyl (C=O) groups excluding carboxylic acids is 1. The number of benzene rings is 2. The third-order valence-electron chi connectivity index (χ3n) is 5.97. The van der Waals surface area contributed by atoms with E-state index in [1.165, 1.54) is 10.4 Å². The molecule has 1 aliphatic rings. The molecule has 0 aliphatic carbocycles. The number of rotatable bonds is 5. The van der Waals surface area contributed by atoms with E-state index in [4.69, 9.17) is 0 Å². The smallest absolute Gasteiger partial charge is 0.243 e. The lowest BCUT2D eigenvalue weighted by Gasteiger charge is -2.31. The molecular formula is C24H30F2N2O3S. The Morgan fingerprint density at radius 3 is 2.19 bits per heavy atom. The maximum atomic E-state index is 14.0. The molecule has 0 aromatic heterocycles. The summed E-state index contributed by atoms with van der Waals surface area (Å²) in [5, 5.41) is 2.76. The van der Waals surface area contributed by atoms with Crippen molar-refractivity contribution in [2.75, 3.05) is 13.1 Å². The normalized spacial score (nSPS) is 17.2. The zero-order chi connectivity index (χ0) is 23.7. The van der Waals surface area contributed by atoms with Gasteiger partial charge in [-0.05, 0) is 48.9 Å². The average Bonchev–Trinajstić information content (AvgIpc) is 2.73. The lowest BCUT2D eigenvalue weighted by atomic mass is 9.87. The van der Waals surface area contributed by atoms with Gasteiger partial charge in [0.2, 0.25) is 15.9 Å². The third kappa shape index (κ3) is 5.35. The van der Waals surface area contributed by atoms with E-state index in [0.29, 0.717) is 12.8 Å². The van der Waals surface area contributed by atoms with E-state index in [-0.39, 0.29) is 40.8 Å². The van der Waals surface area contributed by atoms with Crippen LogP contribution >= 0.6 is 0 Å². The quantitative estimate of drug-likeness (QED) is 0.707. The molecule has 8 heteroatoms. The molecule has 0 spiro atoms. The number of nitrogens with one attached hydrogen (secondary N) is 1. The molecule has 1 unspecified atom stereocenters. The number of carbonyl (C=O) groups is 1. The third-order valence-corrected chi connectivity index (χ3v) is 7.88. The summed E-state index contributed by atoms with van der Waals surface area (Å²) in [7, 11) is -3.63. The summed E-state index contributed by atoms with van der Waals surface area (Å²) < 4.78 is 54.5. The lowest BCUT2D eigenvalue weighted by molar-refractivity contribution is -0.126. The molecule has 1 heterocycles. The van der Waals surface area contributed by atoms with E-state index in [2.05, 4.69) is 26.1 Å². The summed E-state index contributed by atoms with van der Waals surface area (Å²) in [5.74, 6) is -2.01. The molecular weight excluding hydrogens is 434 g/mol. The zero-order valence-corrected chi connectivity index (χ0v) is 19.7. The van der Waals surface area contributed by atoms with Crippen molar-refractivity contribution in [1.82, 2.24) is 9.62 Å². The molecule has 1 saturated heterocycles. The number of halogens is 2. The summed E-state index contributed by atoms with van der Waals surface area (Å²) in [6.45, 7) is 8.31. The lowest BCUT2D eigenvalue weighted by Crippen LogP contribution is -2.43. The Morgan fingerprint density at radius 2 is 1.66 bits per heavy atom. The first-order valence-electron chi connectivity index (χ1n) is 10.8. The maximum absolute atomic E-state index is 14.0. The standard InChI is InChI=1S/C24H30F2N2O3S/c1-16(21-10-7-19(25)15-22(21)26)27-23(29)17-11-13-28(14-12-17)32(30,31)20-8-5-18(6-9-20)24(2,3)4/h5-10,15-17H,11-14H2,1-4H3,(H,27,29). The predicted molar refractivity (Wildman–Crippen MR) is 120 cm³/mol. The van der Waals surface area contributed by atoms with Crippen LogP contribution in [-0.2, 0) is 20.2 Å². The minimum atomic E-state index is -3.63. The second-order valence-electron chi connectivity index (χ2n) is 9.35. The number of hydrogen-bond donors (Lipinski definition) is 1. The highest BCUT2D eigenvalue weighted by Crippen LogP contribution is 2.28. The van der Waals surface area contributed by atoms with Gasteiger partial charge in [0.25, 0.3) is 0 Å². The molecule has 1 N–H and O–H groups in total. The van der Waals surface area contributed by atoms with Crippen molar-refractivity contribution in [1.29, 1.82) is 0 Å². The number of hydrogen-bond acceptors (Lipinski definition) is 3. The first-order valence-corrected chi connectivity index (χ1v) is 12.2. The van der Waals surface area contributed by atoms with Crippen molar-refractivity contribution in [2.24, 2.45) is 5.92 Å². The maximum Gasteiger partial charge on any atom is 0.243 e. The van der Waals surface area contributed by atoms with E-state index < -0.39 is 27.7 Å². The second-order valence-corrected chi connectivity index (χ2v) is 11.3. The summed E-state index contributed by atoms with van der Waals surface area (Å²) in [4.78, 5) is 12.9. The van der Waals surface area contributed by atoms with E-state index >= 15 is 0 Å². The monoisotopic (exact) mass is 464 g/mol. The van der Waals surface area contributed by atoms with Crippen molar-refractivity contribution in [3.63, 3.8) is 0 Å². The van der Waals surface area contributed by atoms with Crippen LogP contribution in [-0.4, -0.2) is 31.7 Å². The number of piperidine rings is 1. The fourth-order valence-corrected chi connectivity index (χ4v) is 5.37.